The second kappa shape index (κ2) is 4.95. The number of amides is 1. The Morgan fingerprint density at radius 2 is 2.31 bits per heavy atom. The summed E-state index contributed by atoms with van der Waals surface area (Å²) in [6.07, 6.45) is 3.11. The molecule has 0 aliphatic carbocycles. The lowest BCUT2D eigenvalue weighted by molar-refractivity contribution is -0.122. The van der Waals surface area contributed by atoms with Gasteiger partial charge in [0.05, 0.1) is 0 Å². The highest BCUT2D eigenvalue weighted by atomic mass is 32.2. The molecule has 16 heavy (non-hydrogen) atoms. The van der Waals surface area contributed by atoms with Crippen LogP contribution in [0.3, 0.4) is 0 Å². The van der Waals surface area contributed by atoms with Crippen molar-refractivity contribution in [1.82, 2.24) is 5.32 Å². The molecule has 6 heteroatoms. The molecule has 1 amide bonds. The lowest BCUT2D eigenvalue weighted by Gasteiger charge is -2.10. The summed E-state index contributed by atoms with van der Waals surface area (Å²) in [6.45, 7) is 2.35. The zero-order chi connectivity index (χ0) is 12.3. The van der Waals surface area contributed by atoms with Crippen molar-refractivity contribution in [3.8, 4) is 0 Å². The Labute approximate surface area is 94.8 Å². The average Bonchev–Trinajstić information content (AvgIpc) is 2.50. The third-order valence-electron chi connectivity index (χ3n) is 2.59. The van der Waals surface area contributed by atoms with E-state index in [9.17, 15) is 17.6 Å². The van der Waals surface area contributed by atoms with Gasteiger partial charge in [-0.3, -0.25) is 4.79 Å². The van der Waals surface area contributed by atoms with E-state index < -0.39 is 15.0 Å². The molecule has 4 nitrogen and oxygen atoms in total. The van der Waals surface area contributed by atoms with Gasteiger partial charge in [-0.1, -0.05) is 6.92 Å². The normalized spacial score (nSPS) is 24.3. The maximum atomic E-state index is 13.1. The molecule has 0 aromatic heterocycles. The van der Waals surface area contributed by atoms with Gasteiger partial charge in [-0.05, 0) is 24.8 Å². The molecule has 1 heterocycles. The van der Waals surface area contributed by atoms with Crippen LogP contribution in [0.15, 0.2) is 11.2 Å². The number of hydrogen-bond acceptors (Lipinski definition) is 3. The molecule has 0 radical (unpaired) electrons. The molecule has 1 rings (SSSR count). The first-order valence-corrected chi connectivity index (χ1v) is 7.05. The molecule has 0 spiro atoms. The molecule has 0 aromatic rings. The molecule has 2 atom stereocenters. The summed E-state index contributed by atoms with van der Waals surface area (Å²) in [5, 5.41) is 1.57. The van der Waals surface area contributed by atoms with Crippen LogP contribution in [0.1, 0.15) is 19.8 Å². The Bertz CT molecular complexity index is 402. The topological polar surface area (TPSA) is 63.2 Å². The van der Waals surface area contributed by atoms with Gasteiger partial charge in [0, 0.05) is 18.7 Å². The minimum Gasteiger partial charge on any atom is -0.356 e. The van der Waals surface area contributed by atoms with Crippen LogP contribution in [0.25, 0.3) is 0 Å². The van der Waals surface area contributed by atoms with E-state index in [2.05, 4.69) is 5.32 Å². The first-order valence-electron chi connectivity index (χ1n) is 5.16. The predicted molar refractivity (Wildman–Crippen MR) is 58.9 cm³/mol. The van der Waals surface area contributed by atoms with Gasteiger partial charge in [0.25, 0.3) is 0 Å². The maximum Gasteiger partial charge on any atom is 0.223 e. The summed E-state index contributed by atoms with van der Waals surface area (Å²) in [4.78, 5) is 11.2. The summed E-state index contributed by atoms with van der Waals surface area (Å²) in [7, 11) is -3.75. The first kappa shape index (κ1) is 13.2. The smallest absolute Gasteiger partial charge is 0.223 e. The summed E-state index contributed by atoms with van der Waals surface area (Å²) < 4.78 is 34.8. The number of rotatable bonds is 4. The largest absolute Gasteiger partial charge is 0.356 e. The first-order chi connectivity index (χ1) is 7.30. The van der Waals surface area contributed by atoms with Crippen molar-refractivity contribution in [1.29, 1.82) is 0 Å². The highest BCUT2D eigenvalue weighted by Crippen LogP contribution is 2.22. The molecular weight excluding hydrogens is 233 g/mol. The molecule has 92 valence electrons. The van der Waals surface area contributed by atoms with Gasteiger partial charge < -0.3 is 5.32 Å². The molecule has 1 aliphatic rings. The maximum absolute atomic E-state index is 13.1. The van der Waals surface area contributed by atoms with E-state index >= 15 is 0 Å². The number of carbonyl (C=O) groups excluding carboxylic acids is 1. The minimum absolute atomic E-state index is 0.0278. The molecule has 0 bridgehead atoms. The van der Waals surface area contributed by atoms with Crippen LogP contribution in [-0.4, -0.2) is 27.1 Å². The molecule has 1 saturated heterocycles. The number of allylic oxidation sites excluding steroid dienone is 1. The summed E-state index contributed by atoms with van der Waals surface area (Å²) in [6, 6.07) is 0. The van der Waals surface area contributed by atoms with E-state index in [1.54, 1.807) is 6.92 Å². The Hall–Kier alpha value is -0.910. The number of nitrogens with one attached hydrogen (secondary N) is 1. The molecule has 0 aromatic carbocycles. The third-order valence-corrected chi connectivity index (χ3v) is 3.43. The van der Waals surface area contributed by atoms with Crippen LogP contribution < -0.4 is 5.32 Å². The molecule has 0 unspecified atom stereocenters. The van der Waals surface area contributed by atoms with Gasteiger partial charge >= 0.3 is 0 Å². The fraction of sp³-hybridized carbons (Fsp3) is 0.700. The van der Waals surface area contributed by atoms with Crippen LogP contribution in [0, 0.1) is 11.8 Å². The third kappa shape index (κ3) is 3.59. The van der Waals surface area contributed by atoms with Crippen LogP contribution in [0.2, 0.25) is 0 Å². The summed E-state index contributed by atoms with van der Waals surface area (Å²) in [5.41, 5.74) is 0. The van der Waals surface area contributed by atoms with Crippen LogP contribution >= 0.6 is 0 Å². The fourth-order valence-electron chi connectivity index (χ4n) is 1.73. The number of carbonyl (C=O) groups is 1. The quantitative estimate of drug-likeness (QED) is 0.808. The summed E-state index contributed by atoms with van der Waals surface area (Å²) >= 11 is 0. The van der Waals surface area contributed by atoms with Crippen molar-refractivity contribution < 1.29 is 17.6 Å². The Kier molecular flexibility index (Phi) is 4.07. The van der Waals surface area contributed by atoms with Crippen LogP contribution in [0.5, 0.6) is 0 Å². The molecular formula is C10H16FNO3S. The molecule has 1 N–H and O–H groups in total. The van der Waals surface area contributed by atoms with Gasteiger partial charge in [0.2, 0.25) is 20.9 Å². The molecule has 1 fully saturated rings. The highest BCUT2D eigenvalue weighted by molar-refractivity contribution is 7.94. The highest BCUT2D eigenvalue weighted by Gasteiger charge is 2.25. The Balaban J connectivity index is 2.59. The number of sulfone groups is 1. The van der Waals surface area contributed by atoms with Crippen LogP contribution in [-0.2, 0) is 14.6 Å². The second-order valence-corrected chi connectivity index (χ2v) is 6.17. The lowest BCUT2D eigenvalue weighted by Crippen LogP contribution is -2.20. The fourth-order valence-corrected chi connectivity index (χ4v) is 2.21. The van der Waals surface area contributed by atoms with Gasteiger partial charge in [-0.25, -0.2) is 8.42 Å². The number of hydrogen-bond donors (Lipinski definition) is 1. The van der Waals surface area contributed by atoms with Crippen molar-refractivity contribution in [2.24, 2.45) is 11.8 Å². The Morgan fingerprint density at radius 3 is 2.75 bits per heavy atom. The standard InChI is InChI=1S/C10H16FNO3S/c1-7(6-9(11)16(2,14)15)5-8-3-4-12-10(8)13/h6-8H,3-5H2,1-2H3,(H,12,13)/b9-6-/t7-,8-/m0/s1. The monoisotopic (exact) mass is 249 g/mol. The van der Waals surface area contributed by atoms with Gasteiger partial charge in [-0.2, -0.15) is 4.39 Å². The van der Waals surface area contributed by atoms with E-state index in [-0.39, 0.29) is 17.7 Å². The van der Waals surface area contributed by atoms with Crippen molar-refractivity contribution in [3.05, 3.63) is 11.2 Å². The molecule has 1 aliphatic heterocycles. The number of halogens is 1. The van der Waals surface area contributed by atoms with Crippen molar-refractivity contribution in [2.75, 3.05) is 12.8 Å². The van der Waals surface area contributed by atoms with E-state index in [4.69, 9.17) is 0 Å². The van der Waals surface area contributed by atoms with E-state index in [0.29, 0.717) is 13.0 Å². The SMILES string of the molecule is C[C@H](/C=C(/F)S(C)(=O)=O)C[C@@H]1CCNC1=O. The lowest BCUT2D eigenvalue weighted by atomic mass is 9.95. The predicted octanol–water partition coefficient (Wildman–Crippen LogP) is 1.00. The van der Waals surface area contributed by atoms with E-state index in [0.717, 1.165) is 18.8 Å². The van der Waals surface area contributed by atoms with Crippen molar-refractivity contribution in [2.45, 2.75) is 19.8 Å². The molecule has 0 saturated carbocycles. The van der Waals surface area contributed by atoms with Crippen LogP contribution in [0.4, 0.5) is 4.39 Å². The summed E-state index contributed by atoms with van der Waals surface area (Å²) in [5.74, 6) is -0.415. The van der Waals surface area contributed by atoms with E-state index in [1.165, 1.54) is 0 Å². The van der Waals surface area contributed by atoms with Gasteiger partial charge in [-0.15, -0.1) is 0 Å². The van der Waals surface area contributed by atoms with E-state index in [1.807, 2.05) is 0 Å². The van der Waals surface area contributed by atoms with Gasteiger partial charge in [0.15, 0.2) is 0 Å². The Morgan fingerprint density at radius 1 is 1.69 bits per heavy atom. The average molecular weight is 249 g/mol. The second-order valence-electron chi connectivity index (χ2n) is 4.23. The minimum atomic E-state index is -3.75. The zero-order valence-corrected chi connectivity index (χ0v) is 10.2. The van der Waals surface area contributed by atoms with Gasteiger partial charge in [0.1, 0.15) is 0 Å². The van der Waals surface area contributed by atoms with Crippen molar-refractivity contribution >= 4 is 15.7 Å². The zero-order valence-electron chi connectivity index (χ0n) is 9.36. The van der Waals surface area contributed by atoms with Crippen molar-refractivity contribution in [3.63, 3.8) is 0 Å².